The van der Waals surface area contributed by atoms with Crippen LogP contribution in [0.4, 0.5) is 0 Å². The van der Waals surface area contributed by atoms with Crippen LogP contribution in [0.25, 0.3) is 0 Å². The van der Waals surface area contributed by atoms with Gasteiger partial charge in [-0.1, -0.05) is 23.7 Å². The highest BCUT2D eigenvalue weighted by Gasteiger charge is 2.14. The largest absolute Gasteiger partial charge is 0.481 e. The maximum absolute atomic E-state index is 10.4. The summed E-state index contributed by atoms with van der Waals surface area (Å²) in [7, 11) is 0. The zero-order valence-electron chi connectivity index (χ0n) is 7.21. The fraction of sp³-hybridized carbons (Fsp3) is 0.222. The summed E-state index contributed by atoms with van der Waals surface area (Å²) in [6.07, 6.45) is -0.129. The molecule has 76 valence electrons. The molecule has 14 heavy (non-hydrogen) atoms. The van der Waals surface area contributed by atoms with E-state index in [1.165, 1.54) is 0 Å². The average Bonchev–Trinajstić information content (AvgIpc) is 2.08. The summed E-state index contributed by atoms with van der Waals surface area (Å²) >= 11 is 9.20. The lowest BCUT2D eigenvalue weighted by Crippen LogP contribution is -2.15. The van der Waals surface area contributed by atoms with E-state index >= 15 is 0 Å². The highest BCUT2D eigenvalue weighted by atomic mass is 79.9. The monoisotopic (exact) mass is 277 g/mol. The number of benzene rings is 1. The molecule has 5 heteroatoms. The summed E-state index contributed by atoms with van der Waals surface area (Å²) in [5.41, 5.74) is 6.32. The second-order valence-electron chi connectivity index (χ2n) is 2.85. The molecule has 0 bridgehead atoms. The molecule has 0 unspecified atom stereocenters. The first-order valence-electron chi connectivity index (χ1n) is 3.93. The summed E-state index contributed by atoms with van der Waals surface area (Å²) in [6, 6.07) is 4.70. The number of carboxylic acids is 1. The lowest BCUT2D eigenvalue weighted by Gasteiger charge is -2.11. The Hall–Kier alpha value is -0.580. The van der Waals surface area contributed by atoms with Crippen molar-refractivity contribution in [3.8, 4) is 0 Å². The fourth-order valence-corrected chi connectivity index (χ4v) is 1.75. The summed E-state index contributed by atoms with van der Waals surface area (Å²) < 4.78 is 0.720. The number of nitrogens with two attached hydrogens (primary N) is 1. The van der Waals surface area contributed by atoms with Crippen molar-refractivity contribution in [1.82, 2.24) is 0 Å². The summed E-state index contributed by atoms with van der Waals surface area (Å²) in [4.78, 5) is 10.4. The molecule has 0 aliphatic carbocycles. The maximum atomic E-state index is 10.4. The number of hydrogen-bond donors (Lipinski definition) is 2. The van der Waals surface area contributed by atoms with Gasteiger partial charge < -0.3 is 10.8 Å². The number of halogens is 2. The van der Waals surface area contributed by atoms with Crippen molar-refractivity contribution in [1.29, 1.82) is 0 Å². The molecule has 3 N–H and O–H groups in total. The molecular weight excluding hydrogens is 269 g/mol. The topological polar surface area (TPSA) is 63.3 Å². The number of hydrogen-bond acceptors (Lipinski definition) is 2. The molecule has 3 nitrogen and oxygen atoms in total. The van der Waals surface area contributed by atoms with E-state index in [1.807, 2.05) is 0 Å². The van der Waals surface area contributed by atoms with Crippen molar-refractivity contribution in [2.24, 2.45) is 5.73 Å². The smallest absolute Gasteiger partial charge is 0.305 e. The molecule has 1 aromatic rings. The van der Waals surface area contributed by atoms with Gasteiger partial charge in [-0.2, -0.15) is 0 Å². The number of carbonyl (C=O) groups is 1. The van der Waals surface area contributed by atoms with Crippen molar-refractivity contribution in [2.45, 2.75) is 12.5 Å². The molecule has 0 saturated heterocycles. The van der Waals surface area contributed by atoms with Gasteiger partial charge in [0.25, 0.3) is 0 Å². The lowest BCUT2D eigenvalue weighted by molar-refractivity contribution is -0.137. The Kier molecular flexibility index (Phi) is 3.92. The van der Waals surface area contributed by atoms with Gasteiger partial charge in [0.15, 0.2) is 0 Å². The van der Waals surface area contributed by atoms with Crippen molar-refractivity contribution in [3.05, 3.63) is 33.3 Å². The highest BCUT2D eigenvalue weighted by Crippen LogP contribution is 2.30. The SMILES string of the molecule is N[C@@H](CC(=O)O)c1cccc(Br)c1Cl. The first-order valence-corrected chi connectivity index (χ1v) is 5.10. The fourth-order valence-electron chi connectivity index (χ4n) is 1.10. The molecule has 1 aromatic carbocycles. The molecule has 0 heterocycles. The normalized spacial score (nSPS) is 12.5. The van der Waals surface area contributed by atoms with E-state index in [0.717, 1.165) is 4.47 Å². The Labute approximate surface area is 95.0 Å². The Balaban J connectivity index is 2.95. The second-order valence-corrected chi connectivity index (χ2v) is 4.08. The van der Waals surface area contributed by atoms with Crippen LogP contribution in [-0.4, -0.2) is 11.1 Å². The zero-order valence-corrected chi connectivity index (χ0v) is 9.55. The third kappa shape index (κ3) is 2.70. The first kappa shape index (κ1) is 11.5. The standard InChI is InChI=1S/C9H9BrClNO2/c10-6-3-1-2-5(9(6)11)7(12)4-8(13)14/h1-3,7H,4,12H2,(H,13,14)/t7-/m0/s1. The Morgan fingerprint density at radius 1 is 1.64 bits per heavy atom. The van der Waals surface area contributed by atoms with E-state index < -0.39 is 12.0 Å². The molecular formula is C9H9BrClNO2. The van der Waals surface area contributed by atoms with Gasteiger partial charge in [0.1, 0.15) is 0 Å². The lowest BCUT2D eigenvalue weighted by atomic mass is 10.1. The van der Waals surface area contributed by atoms with Gasteiger partial charge >= 0.3 is 5.97 Å². The third-order valence-electron chi connectivity index (χ3n) is 1.78. The summed E-state index contributed by atoms with van der Waals surface area (Å²) in [5.74, 6) is -0.937. The van der Waals surface area contributed by atoms with Gasteiger partial charge in [-0.15, -0.1) is 0 Å². The number of aliphatic carboxylic acids is 1. The van der Waals surface area contributed by atoms with Crippen LogP contribution in [0.15, 0.2) is 22.7 Å². The van der Waals surface area contributed by atoms with E-state index in [0.29, 0.717) is 10.6 Å². The number of rotatable bonds is 3. The summed E-state index contributed by atoms with van der Waals surface area (Å²) in [6.45, 7) is 0. The van der Waals surface area contributed by atoms with Crippen molar-refractivity contribution < 1.29 is 9.90 Å². The minimum atomic E-state index is -0.937. The van der Waals surface area contributed by atoms with Gasteiger partial charge in [0, 0.05) is 10.5 Å². The van der Waals surface area contributed by atoms with Crippen LogP contribution in [0.2, 0.25) is 5.02 Å². The molecule has 0 aromatic heterocycles. The minimum Gasteiger partial charge on any atom is -0.481 e. The van der Waals surface area contributed by atoms with Crippen LogP contribution in [0.3, 0.4) is 0 Å². The Morgan fingerprint density at radius 3 is 2.86 bits per heavy atom. The van der Waals surface area contributed by atoms with Gasteiger partial charge in [0.2, 0.25) is 0 Å². The molecule has 0 amide bonds. The van der Waals surface area contributed by atoms with Crippen LogP contribution < -0.4 is 5.73 Å². The predicted octanol–water partition coefficient (Wildman–Crippen LogP) is 2.58. The molecule has 0 aliphatic heterocycles. The zero-order chi connectivity index (χ0) is 10.7. The van der Waals surface area contributed by atoms with Crippen LogP contribution in [0.5, 0.6) is 0 Å². The molecule has 1 rings (SSSR count). The first-order chi connectivity index (χ1) is 6.52. The molecule has 0 fully saturated rings. The van der Waals surface area contributed by atoms with Crippen LogP contribution >= 0.6 is 27.5 Å². The molecule has 1 atom stereocenters. The van der Waals surface area contributed by atoms with Crippen LogP contribution in [0, 0.1) is 0 Å². The van der Waals surface area contributed by atoms with Crippen molar-refractivity contribution in [3.63, 3.8) is 0 Å². The van der Waals surface area contributed by atoms with Gasteiger partial charge in [-0.25, -0.2) is 0 Å². The van der Waals surface area contributed by atoms with Crippen molar-refractivity contribution >= 4 is 33.5 Å². The average molecular weight is 279 g/mol. The maximum Gasteiger partial charge on any atom is 0.305 e. The van der Waals surface area contributed by atoms with E-state index in [9.17, 15) is 4.79 Å². The highest BCUT2D eigenvalue weighted by molar-refractivity contribution is 9.10. The summed E-state index contributed by atoms with van der Waals surface area (Å²) in [5, 5.41) is 9.04. The van der Waals surface area contributed by atoms with E-state index in [4.69, 9.17) is 22.4 Å². The van der Waals surface area contributed by atoms with Gasteiger partial charge in [-0.05, 0) is 27.6 Å². The van der Waals surface area contributed by atoms with Crippen molar-refractivity contribution in [2.75, 3.05) is 0 Å². The van der Waals surface area contributed by atoms with Gasteiger partial charge in [0.05, 0.1) is 11.4 Å². The molecule has 0 saturated carbocycles. The van der Waals surface area contributed by atoms with E-state index in [-0.39, 0.29) is 6.42 Å². The molecule has 0 aliphatic rings. The minimum absolute atomic E-state index is 0.129. The van der Waals surface area contributed by atoms with Crippen LogP contribution in [0.1, 0.15) is 18.0 Å². The Bertz CT molecular complexity index is 357. The number of carboxylic acid groups (broad SMARTS) is 1. The van der Waals surface area contributed by atoms with Crippen LogP contribution in [-0.2, 0) is 4.79 Å². The van der Waals surface area contributed by atoms with E-state index in [2.05, 4.69) is 15.9 Å². The van der Waals surface area contributed by atoms with Gasteiger partial charge in [-0.3, -0.25) is 4.79 Å². The Morgan fingerprint density at radius 2 is 2.29 bits per heavy atom. The predicted molar refractivity (Wildman–Crippen MR) is 58.3 cm³/mol. The molecule has 0 radical (unpaired) electrons. The third-order valence-corrected chi connectivity index (χ3v) is 3.09. The van der Waals surface area contributed by atoms with E-state index in [1.54, 1.807) is 18.2 Å². The quantitative estimate of drug-likeness (QED) is 0.893. The molecule has 0 spiro atoms. The second kappa shape index (κ2) is 4.77.